The first kappa shape index (κ1) is 17.7. The maximum atomic E-state index is 12.1. The molecule has 5 nitrogen and oxygen atoms in total. The zero-order chi connectivity index (χ0) is 14.2. The molecular formula is C15H25ClN4O. The van der Waals surface area contributed by atoms with E-state index in [1.807, 2.05) is 11.0 Å². The van der Waals surface area contributed by atoms with Crippen molar-refractivity contribution < 1.29 is 4.79 Å². The van der Waals surface area contributed by atoms with Crippen LogP contribution >= 0.6 is 12.4 Å². The lowest BCUT2D eigenvalue weighted by atomic mass is 10.1. The molecule has 21 heavy (non-hydrogen) atoms. The molecule has 1 fully saturated rings. The molecule has 0 unspecified atom stereocenters. The molecule has 0 N–H and O–H groups in total. The summed E-state index contributed by atoms with van der Waals surface area (Å²) < 4.78 is 0. The fourth-order valence-corrected chi connectivity index (χ4v) is 2.47. The Balaban J connectivity index is 0.00000220. The monoisotopic (exact) mass is 312 g/mol. The molecule has 1 aliphatic heterocycles. The number of hydrogen-bond donors (Lipinski definition) is 0. The predicted octanol–water partition coefficient (Wildman–Crippen LogP) is 2.52. The largest absolute Gasteiger partial charge is 0.339 e. The second kappa shape index (κ2) is 9.55. The van der Waals surface area contributed by atoms with Crippen molar-refractivity contribution in [1.82, 2.24) is 14.9 Å². The van der Waals surface area contributed by atoms with Crippen LogP contribution < -0.4 is 4.90 Å². The van der Waals surface area contributed by atoms with Crippen molar-refractivity contribution >= 4 is 24.3 Å². The quantitative estimate of drug-likeness (QED) is 0.757. The highest BCUT2D eigenvalue weighted by Gasteiger charge is 2.21. The zero-order valence-corrected chi connectivity index (χ0v) is 13.5. The SMILES string of the molecule is CCCCCCC(=O)N1CCN(c2ncccn2)CC1.Cl. The molecule has 1 aromatic heterocycles. The zero-order valence-electron chi connectivity index (χ0n) is 12.7. The van der Waals surface area contributed by atoms with Crippen molar-refractivity contribution in [3.05, 3.63) is 18.5 Å². The highest BCUT2D eigenvalue weighted by Crippen LogP contribution is 2.12. The summed E-state index contributed by atoms with van der Waals surface area (Å²) in [5, 5.41) is 0. The fourth-order valence-electron chi connectivity index (χ4n) is 2.47. The molecular weight excluding hydrogens is 288 g/mol. The molecule has 0 radical (unpaired) electrons. The van der Waals surface area contributed by atoms with Crippen molar-refractivity contribution in [3.63, 3.8) is 0 Å². The number of unbranched alkanes of at least 4 members (excludes halogenated alkanes) is 3. The van der Waals surface area contributed by atoms with E-state index < -0.39 is 0 Å². The van der Waals surface area contributed by atoms with Crippen molar-refractivity contribution in [2.75, 3.05) is 31.1 Å². The Bertz CT molecular complexity index is 407. The summed E-state index contributed by atoms with van der Waals surface area (Å²) in [4.78, 5) is 24.7. The molecule has 6 heteroatoms. The number of amides is 1. The standard InChI is InChI=1S/C15H24N4O.ClH/c1-2-3-4-5-7-14(20)18-10-12-19(13-11-18)15-16-8-6-9-17-15;/h6,8-9H,2-5,7,10-13H2,1H3;1H. The molecule has 0 bridgehead atoms. The summed E-state index contributed by atoms with van der Waals surface area (Å²) in [6, 6.07) is 1.82. The minimum atomic E-state index is 0. The van der Waals surface area contributed by atoms with Gasteiger partial charge in [-0.1, -0.05) is 26.2 Å². The van der Waals surface area contributed by atoms with Gasteiger partial charge in [-0.25, -0.2) is 9.97 Å². The number of carbonyl (C=O) groups is 1. The second-order valence-corrected chi connectivity index (χ2v) is 5.23. The highest BCUT2D eigenvalue weighted by molar-refractivity contribution is 5.85. The van der Waals surface area contributed by atoms with Crippen molar-refractivity contribution in [1.29, 1.82) is 0 Å². The molecule has 1 saturated heterocycles. The van der Waals surface area contributed by atoms with E-state index in [4.69, 9.17) is 0 Å². The van der Waals surface area contributed by atoms with Crippen LogP contribution in [0.25, 0.3) is 0 Å². The lowest BCUT2D eigenvalue weighted by Gasteiger charge is -2.34. The average molecular weight is 313 g/mol. The van der Waals surface area contributed by atoms with Crippen LogP contribution in [0.1, 0.15) is 39.0 Å². The number of carbonyl (C=O) groups excluding carboxylic acids is 1. The Labute approximate surface area is 133 Å². The van der Waals surface area contributed by atoms with Crippen molar-refractivity contribution in [3.8, 4) is 0 Å². The second-order valence-electron chi connectivity index (χ2n) is 5.23. The first-order valence-corrected chi connectivity index (χ1v) is 7.61. The molecule has 1 aliphatic rings. The molecule has 0 saturated carbocycles. The van der Waals surface area contributed by atoms with Gasteiger partial charge in [0, 0.05) is 45.0 Å². The van der Waals surface area contributed by atoms with E-state index >= 15 is 0 Å². The lowest BCUT2D eigenvalue weighted by molar-refractivity contribution is -0.131. The van der Waals surface area contributed by atoms with Crippen LogP contribution in [0.4, 0.5) is 5.95 Å². The Hall–Kier alpha value is -1.36. The van der Waals surface area contributed by atoms with E-state index in [0.717, 1.165) is 38.5 Å². The molecule has 2 rings (SSSR count). The summed E-state index contributed by atoms with van der Waals surface area (Å²) in [7, 11) is 0. The van der Waals surface area contributed by atoms with Gasteiger partial charge in [0.2, 0.25) is 11.9 Å². The van der Waals surface area contributed by atoms with Gasteiger partial charge >= 0.3 is 0 Å². The van der Waals surface area contributed by atoms with Gasteiger partial charge < -0.3 is 9.80 Å². The Kier molecular flexibility index (Phi) is 8.05. The Morgan fingerprint density at radius 1 is 1.10 bits per heavy atom. The van der Waals surface area contributed by atoms with E-state index in [-0.39, 0.29) is 12.4 Å². The summed E-state index contributed by atoms with van der Waals surface area (Å²) >= 11 is 0. The van der Waals surface area contributed by atoms with Crippen LogP contribution in [0.15, 0.2) is 18.5 Å². The minimum absolute atomic E-state index is 0. The topological polar surface area (TPSA) is 49.3 Å². The first-order valence-electron chi connectivity index (χ1n) is 7.61. The van der Waals surface area contributed by atoms with Crippen molar-refractivity contribution in [2.45, 2.75) is 39.0 Å². The van der Waals surface area contributed by atoms with Gasteiger partial charge in [-0.3, -0.25) is 4.79 Å². The highest BCUT2D eigenvalue weighted by atomic mass is 35.5. The number of anilines is 1. The number of piperazine rings is 1. The number of halogens is 1. The van der Waals surface area contributed by atoms with Crippen LogP contribution in [0.2, 0.25) is 0 Å². The molecule has 0 spiro atoms. The summed E-state index contributed by atoms with van der Waals surface area (Å²) in [6.45, 7) is 5.40. The molecule has 118 valence electrons. The van der Waals surface area contributed by atoms with Gasteiger partial charge in [-0.15, -0.1) is 12.4 Å². The van der Waals surface area contributed by atoms with Gasteiger partial charge in [-0.2, -0.15) is 0 Å². The fraction of sp³-hybridized carbons (Fsp3) is 0.667. The van der Waals surface area contributed by atoms with Crippen molar-refractivity contribution in [2.24, 2.45) is 0 Å². The van der Waals surface area contributed by atoms with Gasteiger partial charge in [0.25, 0.3) is 0 Å². The van der Waals surface area contributed by atoms with Crippen LogP contribution in [-0.4, -0.2) is 47.0 Å². The maximum Gasteiger partial charge on any atom is 0.225 e. The van der Waals surface area contributed by atoms with Gasteiger partial charge in [0.15, 0.2) is 0 Å². The normalized spacial score (nSPS) is 14.7. The minimum Gasteiger partial charge on any atom is -0.339 e. The third-order valence-corrected chi connectivity index (χ3v) is 3.71. The molecule has 0 aliphatic carbocycles. The van der Waals surface area contributed by atoms with E-state index in [1.165, 1.54) is 19.3 Å². The van der Waals surface area contributed by atoms with Gasteiger partial charge in [0.1, 0.15) is 0 Å². The first-order chi connectivity index (χ1) is 9.81. The summed E-state index contributed by atoms with van der Waals surface area (Å²) in [5.74, 6) is 1.07. The molecule has 1 aromatic rings. The number of aromatic nitrogens is 2. The van der Waals surface area contributed by atoms with Crippen LogP contribution in [0, 0.1) is 0 Å². The van der Waals surface area contributed by atoms with Gasteiger partial charge in [-0.05, 0) is 12.5 Å². The van der Waals surface area contributed by atoms with E-state index in [1.54, 1.807) is 12.4 Å². The van der Waals surface area contributed by atoms with E-state index in [0.29, 0.717) is 12.3 Å². The number of hydrogen-bond acceptors (Lipinski definition) is 4. The predicted molar refractivity (Wildman–Crippen MR) is 86.8 cm³/mol. The van der Waals surface area contributed by atoms with Crippen LogP contribution in [0.5, 0.6) is 0 Å². The summed E-state index contributed by atoms with van der Waals surface area (Å²) in [6.07, 6.45) is 8.84. The lowest BCUT2D eigenvalue weighted by Crippen LogP contribution is -2.49. The Morgan fingerprint density at radius 2 is 1.76 bits per heavy atom. The molecule has 2 heterocycles. The van der Waals surface area contributed by atoms with Crippen LogP contribution in [0.3, 0.4) is 0 Å². The van der Waals surface area contributed by atoms with E-state index in [9.17, 15) is 4.79 Å². The molecule has 0 aromatic carbocycles. The Morgan fingerprint density at radius 3 is 2.38 bits per heavy atom. The molecule has 1 amide bonds. The average Bonchev–Trinajstić information content (AvgIpc) is 2.52. The third kappa shape index (κ3) is 5.50. The van der Waals surface area contributed by atoms with E-state index in [2.05, 4.69) is 21.8 Å². The molecule has 0 atom stereocenters. The number of rotatable bonds is 6. The maximum absolute atomic E-state index is 12.1. The summed E-state index contributed by atoms with van der Waals surface area (Å²) in [5.41, 5.74) is 0. The third-order valence-electron chi connectivity index (χ3n) is 3.71. The smallest absolute Gasteiger partial charge is 0.225 e. The number of nitrogens with zero attached hydrogens (tertiary/aromatic N) is 4. The van der Waals surface area contributed by atoms with Crippen LogP contribution in [-0.2, 0) is 4.79 Å². The van der Waals surface area contributed by atoms with Gasteiger partial charge in [0.05, 0.1) is 0 Å².